The van der Waals surface area contributed by atoms with Gasteiger partial charge in [-0.05, 0) is 25.2 Å². The number of aryl methyl sites for hydroxylation is 2. The fourth-order valence-corrected chi connectivity index (χ4v) is 3.94. The van der Waals surface area contributed by atoms with Crippen LogP contribution in [-0.4, -0.2) is 45.3 Å². The molecule has 2 heterocycles. The predicted molar refractivity (Wildman–Crippen MR) is 89.9 cm³/mol. The van der Waals surface area contributed by atoms with Gasteiger partial charge in [0.05, 0.1) is 17.5 Å². The molecule has 1 saturated heterocycles. The number of nitrogens with zero attached hydrogens (tertiary/aromatic N) is 3. The lowest BCUT2D eigenvalue weighted by atomic mass is 10.0. The summed E-state index contributed by atoms with van der Waals surface area (Å²) in [5, 5.41) is 16.3. The Bertz CT molecular complexity index is 739. The lowest BCUT2D eigenvalue weighted by Crippen LogP contribution is -2.53. The maximum atomic E-state index is 12.8. The zero-order valence-corrected chi connectivity index (χ0v) is 14.9. The molecular formula is C17H24N4O4. The molecule has 25 heavy (non-hydrogen) atoms. The smallest absolute Gasteiger partial charge is 0.307 e. The quantitative estimate of drug-likeness (QED) is 0.833. The third-order valence-electron chi connectivity index (χ3n) is 5.38. The summed E-state index contributed by atoms with van der Waals surface area (Å²) in [6.45, 7) is 5.97. The van der Waals surface area contributed by atoms with E-state index < -0.39 is 29.3 Å². The molecule has 2 aliphatic rings. The molecule has 3 rings (SSSR count). The Morgan fingerprint density at radius 1 is 1.36 bits per heavy atom. The Hall–Kier alpha value is -2.38. The molecule has 1 unspecified atom stereocenters. The van der Waals surface area contributed by atoms with Crippen molar-refractivity contribution in [2.45, 2.75) is 39.7 Å². The van der Waals surface area contributed by atoms with Crippen molar-refractivity contribution in [1.29, 1.82) is 0 Å². The Kier molecular flexibility index (Phi) is 4.09. The maximum absolute atomic E-state index is 12.8. The maximum Gasteiger partial charge on any atom is 0.307 e. The van der Waals surface area contributed by atoms with E-state index in [1.54, 1.807) is 30.5 Å². The number of carboxylic acid groups (broad SMARTS) is 1. The zero-order chi connectivity index (χ0) is 18.5. The summed E-state index contributed by atoms with van der Waals surface area (Å²) in [4.78, 5) is 38.2. The number of carbonyl (C=O) groups excluding carboxylic acids is 2. The number of carbonyl (C=O) groups is 3. The molecule has 2 fully saturated rings. The van der Waals surface area contributed by atoms with Crippen molar-refractivity contribution in [1.82, 2.24) is 15.1 Å². The number of piperidine rings is 1. The number of anilines is 1. The molecule has 136 valence electrons. The van der Waals surface area contributed by atoms with Crippen molar-refractivity contribution in [2.75, 3.05) is 11.4 Å². The van der Waals surface area contributed by atoms with Gasteiger partial charge in [-0.2, -0.15) is 5.10 Å². The number of aliphatic carboxylic acids is 1. The molecule has 2 N–H and O–H groups in total. The molecular weight excluding hydrogens is 324 g/mol. The highest BCUT2D eigenvalue weighted by Crippen LogP contribution is 2.58. The van der Waals surface area contributed by atoms with Crippen LogP contribution < -0.4 is 10.2 Å². The molecule has 1 aliphatic heterocycles. The molecule has 0 aromatic carbocycles. The fourth-order valence-electron chi connectivity index (χ4n) is 3.94. The highest BCUT2D eigenvalue weighted by Gasteiger charge is 2.66. The first-order chi connectivity index (χ1) is 11.6. The fraction of sp³-hybridized carbons (Fsp3) is 0.647. The summed E-state index contributed by atoms with van der Waals surface area (Å²) in [7, 11) is 1.78. The molecule has 0 radical (unpaired) electrons. The third-order valence-corrected chi connectivity index (χ3v) is 5.38. The van der Waals surface area contributed by atoms with E-state index in [9.17, 15) is 19.5 Å². The second kappa shape index (κ2) is 5.86. The summed E-state index contributed by atoms with van der Waals surface area (Å²) >= 11 is 0. The Labute approximate surface area is 146 Å². The van der Waals surface area contributed by atoms with Crippen LogP contribution in [0.25, 0.3) is 0 Å². The number of rotatable bonds is 4. The summed E-state index contributed by atoms with van der Waals surface area (Å²) < 4.78 is 1.65. The van der Waals surface area contributed by atoms with Gasteiger partial charge in [-0.3, -0.25) is 24.0 Å². The standard InChI is InChI=1S/C17H24N4O4/c1-9-8-11(20(4)19-9)21-7-5-6-10(15(21)23)18-14(22)12-13(16(24)25)17(12,2)3/h8,10,12-13H,5-7H2,1-4H3,(H,18,22)(H,24,25)/t10?,12-,13+/m0/s1. The number of hydrogen-bond acceptors (Lipinski definition) is 4. The second-order valence-corrected chi connectivity index (χ2v) is 7.58. The van der Waals surface area contributed by atoms with Crippen LogP contribution in [-0.2, 0) is 21.4 Å². The first-order valence-electron chi connectivity index (χ1n) is 8.49. The topological polar surface area (TPSA) is 105 Å². The van der Waals surface area contributed by atoms with Gasteiger partial charge in [0, 0.05) is 19.7 Å². The van der Waals surface area contributed by atoms with Crippen LogP contribution >= 0.6 is 0 Å². The molecule has 2 amide bonds. The van der Waals surface area contributed by atoms with Crippen LogP contribution in [0.3, 0.4) is 0 Å². The van der Waals surface area contributed by atoms with Crippen molar-refractivity contribution >= 4 is 23.6 Å². The number of nitrogens with one attached hydrogen (secondary N) is 1. The molecule has 3 atom stereocenters. The van der Waals surface area contributed by atoms with Crippen LogP contribution in [0, 0.1) is 24.2 Å². The van der Waals surface area contributed by atoms with Crippen molar-refractivity contribution in [3.05, 3.63) is 11.8 Å². The Morgan fingerprint density at radius 2 is 2.04 bits per heavy atom. The minimum atomic E-state index is -0.966. The molecule has 8 heteroatoms. The summed E-state index contributed by atoms with van der Waals surface area (Å²) in [6, 6.07) is 1.22. The largest absolute Gasteiger partial charge is 0.481 e. The Morgan fingerprint density at radius 3 is 2.56 bits per heavy atom. The highest BCUT2D eigenvalue weighted by molar-refractivity contribution is 6.01. The van der Waals surface area contributed by atoms with Crippen LogP contribution in [0.4, 0.5) is 5.82 Å². The minimum Gasteiger partial charge on any atom is -0.481 e. The van der Waals surface area contributed by atoms with E-state index in [2.05, 4.69) is 10.4 Å². The average molecular weight is 348 g/mol. The monoisotopic (exact) mass is 348 g/mol. The van der Waals surface area contributed by atoms with Crippen LogP contribution in [0.2, 0.25) is 0 Å². The van der Waals surface area contributed by atoms with E-state index >= 15 is 0 Å². The first kappa shape index (κ1) is 17.4. The predicted octanol–water partition coefficient (Wildman–Crippen LogP) is 0.697. The van der Waals surface area contributed by atoms with Gasteiger partial charge in [-0.1, -0.05) is 13.8 Å². The highest BCUT2D eigenvalue weighted by atomic mass is 16.4. The normalized spacial score (nSPS) is 27.9. The van der Waals surface area contributed by atoms with E-state index in [1.807, 2.05) is 13.0 Å². The van der Waals surface area contributed by atoms with Gasteiger partial charge in [-0.15, -0.1) is 0 Å². The van der Waals surface area contributed by atoms with Crippen molar-refractivity contribution in [3.8, 4) is 0 Å². The molecule has 1 aromatic heterocycles. The molecule has 1 saturated carbocycles. The lowest BCUT2D eigenvalue weighted by molar-refractivity contribution is -0.140. The van der Waals surface area contributed by atoms with E-state index in [4.69, 9.17) is 0 Å². The minimum absolute atomic E-state index is 0.173. The van der Waals surface area contributed by atoms with E-state index in [1.165, 1.54) is 0 Å². The lowest BCUT2D eigenvalue weighted by Gasteiger charge is -2.32. The van der Waals surface area contributed by atoms with E-state index in [-0.39, 0.29) is 11.8 Å². The van der Waals surface area contributed by atoms with Crippen LogP contribution in [0.5, 0.6) is 0 Å². The van der Waals surface area contributed by atoms with Crippen molar-refractivity contribution in [3.63, 3.8) is 0 Å². The van der Waals surface area contributed by atoms with Gasteiger partial charge in [0.1, 0.15) is 11.9 Å². The van der Waals surface area contributed by atoms with Gasteiger partial charge in [0.25, 0.3) is 5.91 Å². The van der Waals surface area contributed by atoms with E-state index in [0.717, 1.165) is 12.1 Å². The van der Waals surface area contributed by atoms with Gasteiger partial charge < -0.3 is 10.4 Å². The summed E-state index contributed by atoms with van der Waals surface area (Å²) in [6.07, 6.45) is 1.32. The average Bonchev–Trinajstić information content (AvgIpc) is 2.94. The number of carboxylic acids is 1. The Balaban J connectivity index is 1.71. The molecule has 1 aromatic rings. The SMILES string of the molecule is Cc1cc(N2CCCC(NC(=O)[C@@H]3[C@H](C(=O)O)C3(C)C)C2=O)n(C)n1. The van der Waals surface area contributed by atoms with Crippen LogP contribution in [0.1, 0.15) is 32.4 Å². The van der Waals surface area contributed by atoms with Gasteiger partial charge in [0.2, 0.25) is 5.91 Å². The molecule has 0 bridgehead atoms. The molecule has 1 aliphatic carbocycles. The van der Waals surface area contributed by atoms with Crippen LogP contribution in [0.15, 0.2) is 6.07 Å². The van der Waals surface area contributed by atoms with E-state index in [0.29, 0.717) is 18.8 Å². The van der Waals surface area contributed by atoms with Gasteiger partial charge >= 0.3 is 5.97 Å². The molecule has 0 spiro atoms. The second-order valence-electron chi connectivity index (χ2n) is 7.58. The van der Waals surface area contributed by atoms with Crippen molar-refractivity contribution in [2.24, 2.45) is 24.3 Å². The van der Waals surface area contributed by atoms with Crippen molar-refractivity contribution < 1.29 is 19.5 Å². The number of hydrogen-bond donors (Lipinski definition) is 2. The summed E-state index contributed by atoms with van der Waals surface area (Å²) in [5.41, 5.74) is 0.243. The van der Waals surface area contributed by atoms with Gasteiger partial charge in [-0.25, -0.2) is 0 Å². The number of amides is 2. The first-order valence-corrected chi connectivity index (χ1v) is 8.49. The molecule has 8 nitrogen and oxygen atoms in total. The number of aromatic nitrogens is 2. The third kappa shape index (κ3) is 2.89. The van der Waals surface area contributed by atoms with Gasteiger partial charge in [0.15, 0.2) is 0 Å². The summed E-state index contributed by atoms with van der Waals surface area (Å²) in [5.74, 6) is -2.07. The zero-order valence-electron chi connectivity index (χ0n) is 14.9.